The summed E-state index contributed by atoms with van der Waals surface area (Å²) in [6.45, 7) is 1.29. The Hall–Kier alpha value is -2.74. The summed E-state index contributed by atoms with van der Waals surface area (Å²) in [6.07, 6.45) is -4.51. The van der Waals surface area contributed by atoms with Crippen molar-refractivity contribution >= 4 is 29.2 Å². The molecular weight excluding hydrogens is 387 g/mol. The lowest BCUT2D eigenvalue weighted by Crippen LogP contribution is -2.20. The van der Waals surface area contributed by atoms with E-state index in [0.717, 1.165) is 12.1 Å². The summed E-state index contributed by atoms with van der Waals surface area (Å²) in [6, 6.07) is 8.41. The van der Waals surface area contributed by atoms with Crippen LogP contribution < -0.4 is 10.1 Å². The van der Waals surface area contributed by atoms with E-state index in [1.165, 1.54) is 30.3 Å². The topological polar surface area (TPSA) is 64.6 Å². The highest BCUT2D eigenvalue weighted by molar-refractivity contribution is 6.33. The lowest BCUT2D eigenvalue weighted by Gasteiger charge is -2.11. The first-order valence-electron chi connectivity index (χ1n) is 7.77. The molecule has 0 aromatic heterocycles. The molecule has 0 radical (unpaired) electrons. The number of halogens is 4. The minimum Gasteiger partial charge on any atom is -0.484 e. The fourth-order valence-corrected chi connectivity index (χ4v) is 2.27. The zero-order valence-electron chi connectivity index (χ0n) is 14.1. The van der Waals surface area contributed by atoms with Crippen molar-refractivity contribution in [2.45, 2.75) is 13.1 Å². The van der Waals surface area contributed by atoms with Crippen molar-refractivity contribution in [3.05, 3.63) is 58.6 Å². The largest absolute Gasteiger partial charge is 0.484 e. The van der Waals surface area contributed by atoms with Crippen LogP contribution in [0.2, 0.25) is 5.02 Å². The van der Waals surface area contributed by atoms with Gasteiger partial charge in [-0.05, 0) is 43.3 Å². The zero-order chi connectivity index (χ0) is 20.0. The third-order valence-electron chi connectivity index (χ3n) is 3.28. The Kier molecular flexibility index (Phi) is 6.68. The van der Waals surface area contributed by atoms with Crippen molar-refractivity contribution in [1.29, 1.82) is 0 Å². The smallest absolute Gasteiger partial charge is 0.416 e. The molecule has 0 spiro atoms. The Morgan fingerprint density at radius 3 is 2.56 bits per heavy atom. The molecule has 0 fully saturated rings. The van der Waals surface area contributed by atoms with Gasteiger partial charge in [0.2, 0.25) is 0 Å². The first-order chi connectivity index (χ1) is 12.7. The van der Waals surface area contributed by atoms with Gasteiger partial charge in [0.25, 0.3) is 5.91 Å². The van der Waals surface area contributed by atoms with Crippen LogP contribution in [0.25, 0.3) is 0 Å². The molecule has 0 aliphatic rings. The SMILES string of the molecule is CCOC(=O)c1cc(NC(=O)COc2cccc(C(F)(F)F)c2)ccc1Cl. The maximum Gasteiger partial charge on any atom is 0.416 e. The summed E-state index contributed by atoms with van der Waals surface area (Å²) in [7, 11) is 0. The monoisotopic (exact) mass is 401 g/mol. The molecule has 0 unspecified atom stereocenters. The second-order valence-corrected chi connectivity index (χ2v) is 5.68. The molecular formula is C18H15ClF3NO4. The average Bonchev–Trinajstić information content (AvgIpc) is 2.61. The first-order valence-corrected chi connectivity index (χ1v) is 8.15. The van der Waals surface area contributed by atoms with E-state index >= 15 is 0 Å². The number of alkyl halides is 3. The van der Waals surface area contributed by atoms with Crippen LogP contribution in [0.5, 0.6) is 5.75 Å². The van der Waals surface area contributed by atoms with E-state index in [9.17, 15) is 22.8 Å². The summed E-state index contributed by atoms with van der Waals surface area (Å²) >= 11 is 5.93. The second kappa shape index (κ2) is 8.77. The molecule has 0 saturated heterocycles. The quantitative estimate of drug-likeness (QED) is 0.721. The number of nitrogens with one attached hydrogen (secondary N) is 1. The highest BCUT2D eigenvalue weighted by Crippen LogP contribution is 2.31. The van der Waals surface area contributed by atoms with E-state index in [4.69, 9.17) is 21.1 Å². The van der Waals surface area contributed by atoms with Gasteiger partial charge in [0, 0.05) is 5.69 Å². The number of carbonyl (C=O) groups is 2. The van der Waals surface area contributed by atoms with Gasteiger partial charge in [-0.2, -0.15) is 13.2 Å². The van der Waals surface area contributed by atoms with E-state index in [2.05, 4.69) is 5.32 Å². The van der Waals surface area contributed by atoms with Crippen LogP contribution in [0.15, 0.2) is 42.5 Å². The number of esters is 1. The molecule has 27 heavy (non-hydrogen) atoms. The van der Waals surface area contributed by atoms with Gasteiger partial charge in [0.05, 0.1) is 22.8 Å². The fourth-order valence-electron chi connectivity index (χ4n) is 2.08. The minimum atomic E-state index is -4.51. The number of ether oxygens (including phenoxy) is 2. The van der Waals surface area contributed by atoms with Crippen LogP contribution in [0.1, 0.15) is 22.8 Å². The average molecular weight is 402 g/mol. The Balaban J connectivity index is 2.00. The molecule has 5 nitrogen and oxygen atoms in total. The molecule has 1 amide bonds. The van der Waals surface area contributed by atoms with Gasteiger partial charge in [0.15, 0.2) is 6.61 Å². The number of carbonyl (C=O) groups excluding carboxylic acids is 2. The lowest BCUT2D eigenvalue weighted by molar-refractivity contribution is -0.137. The van der Waals surface area contributed by atoms with Crippen molar-refractivity contribution < 1.29 is 32.2 Å². The molecule has 2 aromatic carbocycles. The Morgan fingerprint density at radius 1 is 1.15 bits per heavy atom. The van der Waals surface area contributed by atoms with E-state index in [1.807, 2.05) is 0 Å². The molecule has 0 aliphatic heterocycles. The van der Waals surface area contributed by atoms with Crippen LogP contribution in [-0.4, -0.2) is 25.1 Å². The molecule has 0 atom stereocenters. The van der Waals surface area contributed by atoms with Crippen LogP contribution in [0.4, 0.5) is 18.9 Å². The summed E-state index contributed by atoms with van der Waals surface area (Å²) in [5.74, 6) is -1.35. The number of hydrogen-bond acceptors (Lipinski definition) is 4. The van der Waals surface area contributed by atoms with Crippen LogP contribution in [-0.2, 0) is 15.7 Å². The van der Waals surface area contributed by atoms with Crippen molar-refractivity contribution in [1.82, 2.24) is 0 Å². The molecule has 0 heterocycles. The molecule has 2 aromatic rings. The maximum absolute atomic E-state index is 12.7. The molecule has 0 aliphatic carbocycles. The Morgan fingerprint density at radius 2 is 1.89 bits per heavy atom. The molecule has 0 bridgehead atoms. The van der Waals surface area contributed by atoms with Crippen molar-refractivity contribution in [2.75, 3.05) is 18.5 Å². The predicted octanol–water partition coefficient (Wildman–Crippen LogP) is 4.55. The molecule has 9 heteroatoms. The van der Waals surface area contributed by atoms with Crippen LogP contribution in [0, 0.1) is 0 Å². The number of hydrogen-bond donors (Lipinski definition) is 1. The maximum atomic E-state index is 12.7. The fraction of sp³-hybridized carbons (Fsp3) is 0.222. The van der Waals surface area contributed by atoms with Crippen molar-refractivity contribution in [3.8, 4) is 5.75 Å². The summed E-state index contributed by atoms with van der Waals surface area (Å²) in [5.41, 5.74) is -0.535. The first kappa shape index (κ1) is 20.6. The normalized spacial score (nSPS) is 11.0. The predicted molar refractivity (Wildman–Crippen MR) is 93.0 cm³/mol. The Labute approximate surface area is 158 Å². The van der Waals surface area contributed by atoms with Crippen molar-refractivity contribution in [2.24, 2.45) is 0 Å². The molecule has 144 valence electrons. The van der Waals surface area contributed by atoms with Gasteiger partial charge >= 0.3 is 12.1 Å². The second-order valence-electron chi connectivity index (χ2n) is 5.28. The number of amides is 1. The summed E-state index contributed by atoms with van der Waals surface area (Å²) < 4.78 is 47.9. The van der Waals surface area contributed by atoms with E-state index < -0.39 is 30.2 Å². The molecule has 1 N–H and O–H groups in total. The number of anilines is 1. The van der Waals surface area contributed by atoms with Crippen LogP contribution in [0.3, 0.4) is 0 Å². The van der Waals surface area contributed by atoms with Gasteiger partial charge in [0.1, 0.15) is 5.75 Å². The minimum absolute atomic E-state index is 0.0788. The van der Waals surface area contributed by atoms with Crippen LogP contribution >= 0.6 is 11.6 Å². The highest BCUT2D eigenvalue weighted by Gasteiger charge is 2.30. The van der Waals surface area contributed by atoms with Gasteiger partial charge in [-0.25, -0.2) is 4.79 Å². The van der Waals surface area contributed by atoms with Gasteiger partial charge in [-0.15, -0.1) is 0 Å². The van der Waals surface area contributed by atoms with Crippen molar-refractivity contribution in [3.63, 3.8) is 0 Å². The third kappa shape index (κ3) is 5.89. The lowest BCUT2D eigenvalue weighted by atomic mass is 10.2. The standard InChI is InChI=1S/C18H15ClF3NO4/c1-2-26-17(25)14-9-12(6-7-15(14)19)23-16(24)10-27-13-5-3-4-11(8-13)18(20,21)22/h3-9H,2,10H2,1H3,(H,23,24). The summed E-state index contributed by atoms with van der Waals surface area (Å²) in [4.78, 5) is 23.7. The van der Waals surface area contributed by atoms with E-state index in [0.29, 0.717) is 0 Å². The summed E-state index contributed by atoms with van der Waals surface area (Å²) in [5, 5.41) is 2.63. The van der Waals surface area contributed by atoms with Gasteiger partial charge < -0.3 is 14.8 Å². The highest BCUT2D eigenvalue weighted by atomic mass is 35.5. The zero-order valence-corrected chi connectivity index (χ0v) is 14.9. The van der Waals surface area contributed by atoms with Gasteiger partial charge in [-0.1, -0.05) is 17.7 Å². The van der Waals surface area contributed by atoms with E-state index in [1.54, 1.807) is 6.92 Å². The molecule has 2 rings (SSSR count). The number of benzene rings is 2. The number of rotatable bonds is 6. The Bertz CT molecular complexity index is 840. The third-order valence-corrected chi connectivity index (χ3v) is 3.61. The molecule has 0 saturated carbocycles. The van der Waals surface area contributed by atoms with E-state index in [-0.39, 0.29) is 28.6 Å². The van der Waals surface area contributed by atoms with Gasteiger partial charge in [-0.3, -0.25) is 4.79 Å².